The topological polar surface area (TPSA) is 53.1 Å². The van der Waals surface area contributed by atoms with E-state index in [1.54, 1.807) is 19.6 Å². The second kappa shape index (κ2) is 5.69. The Bertz CT molecular complexity index is 482. The van der Waals surface area contributed by atoms with E-state index in [-0.39, 0.29) is 12.1 Å². The number of hydrogen-bond donors (Lipinski definition) is 1. The molecule has 0 saturated heterocycles. The van der Waals surface area contributed by atoms with Crippen molar-refractivity contribution in [1.82, 2.24) is 9.55 Å². The Morgan fingerprint density at radius 2 is 2.28 bits per heavy atom. The van der Waals surface area contributed by atoms with Crippen molar-refractivity contribution in [1.29, 1.82) is 0 Å². The summed E-state index contributed by atoms with van der Waals surface area (Å²) in [6.07, 6.45) is 6.43. The Morgan fingerprint density at radius 1 is 1.44 bits per heavy atom. The van der Waals surface area contributed by atoms with E-state index in [1.165, 1.54) is 0 Å². The molecule has 0 aliphatic heterocycles. The molecule has 2 N–H and O–H groups in total. The van der Waals surface area contributed by atoms with Crippen LogP contribution >= 0.6 is 0 Å². The number of aromatic nitrogens is 2. The molecule has 2 unspecified atom stereocenters. The largest absolute Gasteiger partial charge is 0.497 e. The number of rotatable bonds is 5. The van der Waals surface area contributed by atoms with E-state index in [2.05, 4.69) is 18.0 Å². The summed E-state index contributed by atoms with van der Waals surface area (Å²) in [5, 5.41) is 0. The van der Waals surface area contributed by atoms with E-state index < -0.39 is 0 Å². The number of ether oxygens (including phenoxy) is 1. The molecule has 0 amide bonds. The number of hydrogen-bond acceptors (Lipinski definition) is 3. The lowest BCUT2D eigenvalue weighted by Gasteiger charge is -2.25. The van der Waals surface area contributed by atoms with Crippen molar-refractivity contribution in [3.05, 3.63) is 48.5 Å². The molecule has 0 aliphatic rings. The van der Waals surface area contributed by atoms with Crippen LogP contribution in [-0.2, 0) is 0 Å². The second-order valence-electron chi connectivity index (χ2n) is 4.30. The molecule has 2 atom stereocenters. The zero-order valence-electron chi connectivity index (χ0n) is 10.8. The monoisotopic (exact) mass is 245 g/mol. The summed E-state index contributed by atoms with van der Waals surface area (Å²) in [5.74, 6) is 0.848. The van der Waals surface area contributed by atoms with Gasteiger partial charge in [0.25, 0.3) is 0 Å². The van der Waals surface area contributed by atoms with Gasteiger partial charge in [0.1, 0.15) is 5.75 Å². The fourth-order valence-corrected chi connectivity index (χ4v) is 2.12. The van der Waals surface area contributed by atoms with E-state index >= 15 is 0 Å². The highest BCUT2D eigenvalue weighted by atomic mass is 16.5. The standard InChI is InChI=1S/C14H19N3O/c1-3-13(15)14(17-8-7-16-10-17)11-5-4-6-12(9-11)18-2/h4-10,13-14H,3,15H2,1-2H3. The number of benzene rings is 1. The van der Waals surface area contributed by atoms with Crippen LogP contribution < -0.4 is 10.5 Å². The summed E-state index contributed by atoms with van der Waals surface area (Å²) in [7, 11) is 1.67. The van der Waals surface area contributed by atoms with Crippen LogP contribution in [0.5, 0.6) is 5.75 Å². The maximum Gasteiger partial charge on any atom is 0.119 e. The first-order valence-electron chi connectivity index (χ1n) is 6.13. The molecule has 2 rings (SSSR count). The summed E-state index contributed by atoms with van der Waals surface area (Å²) in [6, 6.07) is 8.16. The first-order chi connectivity index (χ1) is 8.76. The molecule has 4 heteroatoms. The van der Waals surface area contributed by atoms with E-state index in [4.69, 9.17) is 10.5 Å². The quantitative estimate of drug-likeness (QED) is 0.878. The van der Waals surface area contributed by atoms with E-state index in [0.29, 0.717) is 0 Å². The maximum absolute atomic E-state index is 6.24. The normalized spacial score (nSPS) is 14.2. The zero-order chi connectivity index (χ0) is 13.0. The molecular formula is C14H19N3O. The first-order valence-corrected chi connectivity index (χ1v) is 6.13. The summed E-state index contributed by atoms with van der Waals surface area (Å²) < 4.78 is 7.31. The van der Waals surface area contributed by atoms with Gasteiger partial charge in [-0.05, 0) is 24.1 Å². The molecular weight excluding hydrogens is 226 g/mol. The van der Waals surface area contributed by atoms with E-state index in [9.17, 15) is 0 Å². The van der Waals surface area contributed by atoms with Gasteiger partial charge in [-0.1, -0.05) is 19.1 Å². The van der Waals surface area contributed by atoms with Crippen molar-refractivity contribution in [3.63, 3.8) is 0 Å². The fraction of sp³-hybridized carbons (Fsp3) is 0.357. The number of imidazole rings is 1. The highest BCUT2D eigenvalue weighted by molar-refractivity contribution is 5.31. The molecule has 1 heterocycles. The Labute approximate surface area is 107 Å². The fourth-order valence-electron chi connectivity index (χ4n) is 2.12. The van der Waals surface area contributed by atoms with Crippen LogP contribution in [0, 0.1) is 0 Å². The zero-order valence-corrected chi connectivity index (χ0v) is 10.8. The molecule has 0 radical (unpaired) electrons. The third-order valence-electron chi connectivity index (χ3n) is 3.16. The minimum atomic E-state index is 0.0475. The van der Waals surface area contributed by atoms with Gasteiger partial charge < -0.3 is 15.0 Å². The lowest BCUT2D eigenvalue weighted by molar-refractivity contribution is 0.410. The van der Waals surface area contributed by atoms with Crippen molar-refractivity contribution < 1.29 is 4.74 Å². The van der Waals surface area contributed by atoms with Crippen LogP contribution in [-0.4, -0.2) is 22.7 Å². The molecule has 2 aromatic rings. The van der Waals surface area contributed by atoms with E-state index in [1.807, 2.05) is 29.0 Å². The average molecular weight is 245 g/mol. The van der Waals surface area contributed by atoms with Crippen LogP contribution in [0.2, 0.25) is 0 Å². The van der Waals surface area contributed by atoms with Crippen molar-refractivity contribution in [3.8, 4) is 5.75 Å². The van der Waals surface area contributed by atoms with Crippen LogP contribution in [0.1, 0.15) is 24.9 Å². The molecule has 96 valence electrons. The highest BCUT2D eigenvalue weighted by Gasteiger charge is 2.20. The van der Waals surface area contributed by atoms with Crippen LogP contribution in [0.25, 0.3) is 0 Å². The van der Waals surface area contributed by atoms with Crippen molar-refractivity contribution in [2.45, 2.75) is 25.4 Å². The summed E-state index contributed by atoms with van der Waals surface area (Å²) in [4.78, 5) is 4.10. The van der Waals surface area contributed by atoms with Gasteiger partial charge in [0.05, 0.1) is 19.5 Å². The third kappa shape index (κ3) is 2.54. The summed E-state index contributed by atoms with van der Waals surface area (Å²) in [5.41, 5.74) is 7.38. The number of nitrogens with zero attached hydrogens (tertiary/aromatic N) is 2. The van der Waals surface area contributed by atoms with E-state index in [0.717, 1.165) is 17.7 Å². The molecule has 18 heavy (non-hydrogen) atoms. The molecule has 0 aliphatic carbocycles. The minimum Gasteiger partial charge on any atom is -0.497 e. The second-order valence-corrected chi connectivity index (χ2v) is 4.30. The molecule has 0 spiro atoms. The Balaban J connectivity index is 2.39. The number of methoxy groups -OCH3 is 1. The molecule has 1 aromatic carbocycles. The Morgan fingerprint density at radius 3 is 2.89 bits per heavy atom. The third-order valence-corrected chi connectivity index (χ3v) is 3.16. The van der Waals surface area contributed by atoms with Crippen LogP contribution in [0.3, 0.4) is 0 Å². The Kier molecular flexibility index (Phi) is 3.99. The summed E-state index contributed by atoms with van der Waals surface area (Å²) in [6.45, 7) is 2.09. The Hall–Kier alpha value is -1.81. The molecule has 0 saturated carbocycles. The molecule has 4 nitrogen and oxygen atoms in total. The minimum absolute atomic E-state index is 0.0475. The van der Waals surface area contributed by atoms with Crippen LogP contribution in [0.4, 0.5) is 0 Å². The van der Waals surface area contributed by atoms with Gasteiger partial charge in [0, 0.05) is 18.4 Å². The van der Waals surface area contributed by atoms with Gasteiger partial charge in [-0.25, -0.2) is 4.98 Å². The SMILES string of the molecule is CCC(N)C(c1cccc(OC)c1)n1ccnc1. The van der Waals surface area contributed by atoms with Crippen molar-refractivity contribution >= 4 is 0 Å². The highest BCUT2D eigenvalue weighted by Crippen LogP contribution is 2.25. The first kappa shape index (κ1) is 12.6. The van der Waals surface area contributed by atoms with Crippen molar-refractivity contribution in [2.24, 2.45) is 5.73 Å². The molecule has 0 bridgehead atoms. The number of nitrogens with two attached hydrogens (primary N) is 1. The smallest absolute Gasteiger partial charge is 0.119 e. The van der Waals surface area contributed by atoms with Gasteiger partial charge in [0.2, 0.25) is 0 Å². The maximum atomic E-state index is 6.24. The lowest BCUT2D eigenvalue weighted by atomic mass is 9.97. The van der Waals surface area contributed by atoms with Gasteiger partial charge >= 0.3 is 0 Å². The van der Waals surface area contributed by atoms with Crippen molar-refractivity contribution in [2.75, 3.05) is 7.11 Å². The molecule has 0 fully saturated rings. The summed E-state index contributed by atoms with van der Waals surface area (Å²) >= 11 is 0. The van der Waals surface area contributed by atoms with Gasteiger partial charge in [-0.15, -0.1) is 0 Å². The molecule has 1 aromatic heterocycles. The van der Waals surface area contributed by atoms with Gasteiger partial charge in [-0.2, -0.15) is 0 Å². The average Bonchev–Trinajstić information content (AvgIpc) is 2.93. The van der Waals surface area contributed by atoms with Gasteiger partial charge in [0.15, 0.2) is 0 Å². The lowest BCUT2D eigenvalue weighted by Crippen LogP contribution is -2.32. The van der Waals surface area contributed by atoms with Crippen LogP contribution in [0.15, 0.2) is 43.0 Å². The predicted octanol–water partition coefficient (Wildman–Crippen LogP) is 2.22. The van der Waals surface area contributed by atoms with Gasteiger partial charge in [-0.3, -0.25) is 0 Å². The predicted molar refractivity (Wildman–Crippen MR) is 71.6 cm³/mol.